The Balaban J connectivity index is 2.25. The van der Waals surface area contributed by atoms with Crippen LogP contribution < -0.4 is 60.2 Å². The van der Waals surface area contributed by atoms with E-state index < -0.39 is 139 Å². The van der Waals surface area contributed by atoms with Crippen LogP contribution >= 0.6 is 25.3 Å². The first-order valence-electron chi connectivity index (χ1n) is 21.2. The molecule has 2 rings (SSSR count). The molecule has 67 heavy (non-hydrogen) atoms. The van der Waals surface area contributed by atoms with Gasteiger partial charge in [-0.05, 0) is 42.9 Å². The van der Waals surface area contributed by atoms with Gasteiger partial charge in [-0.1, -0.05) is 32.4 Å². The molecule has 25 nitrogen and oxygen atoms in total. The Hall–Kier alpha value is -6.19. The summed E-state index contributed by atoms with van der Waals surface area (Å²) in [5.74, 6) is -11.0. The fourth-order valence-corrected chi connectivity index (χ4v) is 7.03. The van der Waals surface area contributed by atoms with Gasteiger partial charge < -0.3 is 75.3 Å². The van der Waals surface area contributed by atoms with Gasteiger partial charge in [-0.25, -0.2) is 0 Å². The molecule has 1 fully saturated rings. The number of nitrogens with zero attached hydrogens (tertiary/aromatic N) is 1. The standard InChI is InChI=1S/C40H62N12O13S2/c1-3-19(2)32(51-36(61)24(47-33(58)22(41)17-66)13-20-6-8-21(54)9-7-20)39(64)49-26(16-53)37(62)48-25(14-30(43)56)35(60)50-27(18-67)40(65)52-12-4-5-28(52)38(63)46-23(10-11-29(42)55)34(59)45-15-31(44)57/h6-9,19,22-28,32,53-54,66-67H,3-5,10-18,41H2,1-2H3,(H2,42,55)(H2,43,56)(H2,44,57)(H,45,59)(H,46,63)(H,47,58)(H,48,62)(H,49,64)(H,50,60)(H,51,61). The van der Waals surface area contributed by atoms with Crippen LogP contribution in [0, 0.1) is 5.92 Å². The molecule has 1 aliphatic rings. The number of aliphatic hydroxyl groups excluding tert-OH is 1. The number of phenolic OH excluding ortho intramolecular Hbond substituents is 1. The largest absolute Gasteiger partial charge is 0.508 e. The normalized spacial score (nSPS) is 16.8. The molecule has 9 unspecified atom stereocenters. The average Bonchev–Trinajstić information content (AvgIpc) is 3.79. The smallest absolute Gasteiger partial charge is 0.246 e. The summed E-state index contributed by atoms with van der Waals surface area (Å²) in [5, 5.41) is 36.7. The molecule has 17 N–H and O–H groups in total. The number of benzene rings is 1. The number of aliphatic hydroxyl groups is 1. The Morgan fingerprint density at radius 1 is 0.716 bits per heavy atom. The Bertz CT molecular complexity index is 1960. The highest BCUT2D eigenvalue weighted by molar-refractivity contribution is 7.80. The lowest BCUT2D eigenvalue weighted by Gasteiger charge is -2.30. The summed E-state index contributed by atoms with van der Waals surface area (Å²) < 4.78 is 0. The average molecular weight is 983 g/mol. The SMILES string of the molecule is CCC(C)C(NC(=O)C(Cc1ccc(O)cc1)NC(=O)C(N)CS)C(=O)NC(CO)C(=O)NC(CC(N)=O)C(=O)NC(CS)C(=O)N1CCCC1C(=O)NC(CCC(N)=O)C(=O)NCC(N)=O. The molecule has 372 valence electrons. The van der Waals surface area contributed by atoms with E-state index in [-0.39, 0.29) is 49.5 Å². The maximum atomic E-state index is 13.8. The van der Waals surface area contributed by atoms with Crippen LogP contribution in [0.15, 0.2) is 24.3 Å². The molecule has 0 bridgehead atoms. The zero-order chi connectivity index (χ0) is 50.5. The fraction of sp³-hybridized carbons (Fsp3) is 0.575. The molecule has 1 heterocycles. The number of hydrogen-bond acceptors (Lipinski definition) is 16. The van der Waals surface area contributed by atoms with Crippen molar-refractivity contribution >= 4 is 90.2 Å². The highest BCUT2D eigenvalue weighted by atomic mass is 32.1. The number of aromatic hydroxyl groups is 1. The lowest BCUT2D eigenvalue weighted by Crippen LogP contribution is -2.62. The van der Waals surface area contributed by atoms with Crippen molar-refractivity contribution in [3.05, 3.63) is 29.8 Å². The van der Waals surface area contributed by atoms with Gasteiger partial charge in [0.05, 0.1) is 25.6 Å². The molecule has 9 atom stereocenters. The van der Waals surface area contributed by atoms with Gasteiger partial charge in [0.25, 0.3) is 0 Å². The highest BCUT2D eigenvalue weighted by Crippen LogP contribution is 2.20. The predicted octanol–water partition coefficient (Wildman–Crippen LogP) is -6.20. The van der Waals surface area contributed by atoms with Gasteiger partial charge in [0.2, 0.25) is 65.0 Å². The van der Waals surface area contributed by atoms with Crippen molar-refractivity contribution in [2.75, 3.05) is 31.2 Å². The number of phenols is 1. The van der Waals surface area contributed by atoms with E-state index in [4.69, 9.17) is 22.9 Å². The first-order valence-corrected chi connectivity index (χ1v) is 22.4. The second kappa shape index (κ2) is 28.1. The quantitative estimate of drug-likeness (QED) is 0.0348. The molecule has 0 spiro atoms. The van der Waals surface area contributed by atoms with E-state index in [2.05, 4.69) is 62.5 Å². The maximum absolute atomic E-state index is 13.8. The summed E-state index contributed by atoms with van der Waals surface area (Å²) in [6.45, 7) is 1.74. The third-order valence-electron chi connectivity index (χ3n) is 10.6. The number of carbonyl (C=O) groups excluding carboxylic acids is 11. The number of nitrogens with two attached hydrogens (primary N) is 4. The number of rotatable bonds is 28. The van der Waals surface area contributed by atoms with Crippen LogP contribution in [0.2, 0.25) is 0 Å². The molecule has 1 saturated heterocycles. The van der Waals surface area contributed by atoms with Gasteiger partial charge >= 0.3 is 0 Å². The second-order valence-electron chi connectivity index (χ2n) is 15.8. The lowest BCUT2D eigenvalue weighted by molar-refractivity contribution is -0.142. The van der Waals surface area contributed by atoms with Crippen LogP contribution in [-0.4, -0.2) is 160 Å². The third kappa shape index (κ3) is 18.5. The molecule has 1 aromatic rings. The van der Waals surface area contributed by atoms with E-state index >= 15 is 0 Å². The van der Waals surface area contributed by atoms with Gasteiger partial charge in [-0.3, -0.25) is 52.7 Å². The summed E-state index contributed by atoms with van der Waals surface area (Å²) in [4.78, 5) is 143. The molecule has 27 heteroatoms. The van der Waals surface area contributed by atoms with Crippen LogP contribution in [0.4, 0.5) is 0 Å². The van der Waals surface area contributed by atoms with E-state index in [9.17, 15) is 63.0 Å². The first kappa shape index (κ1) is 56.9. The minimum atomic E-state index is -1.79. The maximum Gasteiger partial charge on any atom is 0.246 e. The molecular weight excluding hydrogens is 921 g/mol. The van der Waals surface area contributed by atoms with E-state index in [1.165, 1.54) is 24.3 Å². The second-order valence-corrected chi connectivity index (χ2v) is 16.5. The number of hydrogen-bond donors (Lipinski definition) is 15. The van der Waals surface area contributed by atoms with Crippen molar-refractivity contribution in [3.8, 4) is 5.75 Å². The van der Waals surface area contributed by atoms with Crippen molar-refractivity contribution < 1.29 is 63.0 Å². The molecule has 1 aliphatic heterocycles. The molecule has 0 aromatic heterocycles. The van der Waals surface area contributed by atoms with Crippen molar-refractivity contribution in [3.63, 3.8) is 0 Å². The molecule has 1 aromatic carbocycles. The van der Waals surface area contributed by atoms with Gasteiger partial charge in [0, 0.05) is 30.9 Å². The number of amides is 11. The van der Waals surface area contributed by atoms with Crippen LogP contribution in [0.3, 0.4) is 0 Å². The topological polar surface area (TPSA) is 420 Å². The number of likely N-dealkylation sites (tertiary alicyclic amines) is 1. The van der Waals surface area contributed by atoms with E-state index in [1.54, 1.807) is 13.8 Å². The number of primary amides is 3. The Morgan fingerprint density at radius 2 is 1.30 bits per heavy atom. The van der Waals surface area contributed by atoms with E-state index in [1.807, 2.05) is 0 Å². The zero-order valence-corrected chi connectivity index (χ0v) is 38.8. The van der Waals surface area contributed by atoms with E-state index in [0.29, 0.717) is 18.4 Å². The van der Waals surface area contributed by atoms with Crippen LogP contribution in [0.5, 0.6) is 5.75 Å². The first-order chi connectivity index (χ1) is 31.6. The summed E-state index contributed by atoms with van der Waals surface area (Å²) in [6, 6.07) is -5.49. The van der Waals surface area contributed by atoms with Gasteiger partial charge in [-0.15, -0.1) is 0 Å². The monoisotopic (exact) mass is 982 g/mol. The Kier molecular flexibility index (Phi) is 23.9. The van der Waals surface area contributed by atoms with Crippen molar-refractivity contribution in [1.82, 2.24) is 42.1 Å². The Labute approximate surface area is 396 Å². The van der Waals surface area contributed by atoms with Crippen LogP contribution in [-0.2, 0) is 59.2 Å². The van der Waals surface area contributed by atoms with Gasteiger partial charge in [0.15, 0.2) is 0 Å². The molecule has 11 amide bonds. The summed E-state index contributed by atoms with van der Waals surface area (Å²) in [5.41, 5.74) is 22.0. The summed E-state index contributed by atoms with van der Waals surface area (Å²) in [7, 11) is 0. The number of nitrogens with one attached hydrogen (secondary N) is 7. The predicted molar refractivity (Wildman–Crippen MR) is 245 cm³/mol. The molecule has 0 radical (unpaired) electrons. The highest BCUT2D eigenvalue weighted by Gasteiger charge is 2.40. The fourth-order valence-electron chi connectivity index (χ4n) is 6.61. The van der Waals surface area contributed by atoms with Gasteiger partial charge in [-0.2, -0.15) is 25.3 Å². The molecule has 0 saturated carbocycles. The molecule has 0 aliphatic carbocycles. The van der Waals surface area contributed by atoms with E-state index in [0.717, 1.165) is 4.90 Å². The van der Waals surface area contributed by atoms with Crippen molar-refractivity contribution in [1.29, 1.82) is 0 Å². The van der Waals surface area contributed by atoms with Crippen molar-refractivity contribution in [2.45, 2.75) is 107 Å². The van der Waals surface area contributed by atoms with Gasteiger partial charge in [0.1, 0.15) is 48.0 Å². The Morgan fingerprint density at radius 3 is 1.85 bits per heavy atom. The summed E-state index contributed by atoms with van der Waals surface area (Å²) in [6.07, 6.45) is -0.735. The number of thiol groups is 2. The molecular formula is C40H62N12O13S2. The van der Waals surface area contributed by atoms with Crippen LogP contribution in [0.1, 0.15) is 57.9 Å². The van der Waals surface area contributed by atoms with Crippen molar-refractivity contribution in [2.24, 2.45) is 28.9 Å². The lowest BCUT2D eigenvalue weighted by atomic mass is 9.96. The zero-order valence-electron chi connectivity index (χ0n) is 37.0. The minimum Gasteiger partial charge on any atom is -0.508 e. The number of carbonyl (C=O) groups is 11. The van der Waals surface area contributed by atoms with Crippen LogP contribution in [0.25, 0.3) is 0 Å². The third-order valence-corrected chi connectivity index (χ3v) is 11.3. The summed E-state index contributed by atoms with van der Waals surface area (Å²) >= 11 is 8.20. The minimum absolute atomic E-state index is 0.0201.